The maximum absolute atomic E-state index is 13.9. The van der Waals surface area contributed by atoms with Crippen LogP contribution >= 0.6 is 11.6 Å². The molecule has 35 heavy (non-hydrogen) atoms. The van der Waals surface area contributed by atoms with Crippen LogP contribution in [0.15, 0.2) is 54.6 Å². The molecule has 0 radical (unpaired) electrons. The van der Waals surface area contributed by atoms with E-state index in [-0.39, 0.29) is 11.8 Å². The number of anilines is 1. The summed E-state index contributed by atoms with van der Waals surface area (Å²) in [6.07, 6.45) is 0.655. The maximum Gasteiger partial charge on any atom is 0.254 e. The summed E-state index contributed by atoms with van der Waals surface area (Å²) in [4.78, 5) is 29.1. The van der Waals surface area contributed by atoms with Gasteiger partial charge in [-0.15, -0.1) is 0 Å². The monoisotopic (exact) mass is 492 g/mol. The Morgan fingerprint density at radius 3 is 2.37 bits per heavy atom. The van der Waals surface area contributed by atoms with Crippen molar-refractivity contribution in [3.05, 3.63) is 81.9 Å². The van der Waals surface area contributed by atoms with Crippen molar-refractivity contribution in [1.29, 1.82) is 0 Å². The summed E-state index contributed by atoms with van der Waals surface area (Å²) in [6.45, 7) is 0.498. The highest BCUT2D eigenvalue weighted by Crippen LogP contribution is 2.48. The van der Waals surface area contributed by atoms with Gasteiger partial charge in [0, 0.05) is 17.8 Å². The van der Waals surface area contributed by atoms with Crippen molar-refractivity contribution in [1.82, 2.24) is 4.90 Å². The molecule has 2 aliphatic rings. The van der Waals surface area contributed by atoms with Crippen LogP contribution in [0.3, 0.4) is 0 Å². The Morgan fingerprint density at radius 2 is 1.66 bits per heavy atom. The van der Waals surface area contributed by atoms with Crippen LogP contribution in [0.25, 0.3) is 0 Å². The molecular weight excluding hydrogens is 468 g/mol. The van der Waals surface area contributed by atoms with Crippen LogP contribution in [0.2, 0.25) is 5.02 Å². The zero-order valence-corrected chi connectivity index (χ0v) is 20.4. The lowest BCUT2D eigenvalue weighted by Gasteiger charge is -2.45. The molecule has 5 rings (SSSR count). The van der Waals surface area contributed by atoms with Crippen LogP contribution in [0.4, 0.5) is 5.69 Å². The number of halogens is 1. The SMILES string of the molecule is COc1ccc(NC(=O)[C@H]2c3ccccc3C(=O)N3CCc4cc(OC)c(OC)cc4[C@H]23)cc1Cl. The fourth-order valence-corrected chi connectivity index (χ4v) is 5.36. The average Bonchev–Trinajstić information content (AvgIpc) is 2.88. The molecule has 2 atom stereocenters. The molecule has 3 aromatic rings. The largest absolute Gasteiger partial charge is 0.495 e. The maximum atomic E-state index is 13.9. The van der Waals surface area contributed by atoms with Crippen molar-refractivity contribution >= 4 is 29.1 Å². The Labute approximate surface area is 208 Å². The van der Waals surface area contributed by atoms with E-state index >= 15 is 0 Å². The van der Waals surface area contributed by atoms with Gasteiger partial charge in [0.1, 0.15) is 5.75 Å². The van der Waals surface area contributed by atoms with Crippen LogP contribution in [-0.4, -0.2) is 44.6 Å². The Morgan fingerprint density at radius 1 is 0.943 bits per heavy atom. The van der Waals surface area contributed by atoms with E-state index in [4.69, 9.17) is 25.8 Å². The number of carbonyl (C=O) groups is 2. The molecule has 0 aromatic heterocycles. The number of nitrogens with one attached hydrogen (secondary N) is 1. The second-order valence-corrected chi connectivity index (χ2v) is 8.91. The van der Waals surface area contributed by atoms with E-state index in [1.165, 1.54) is 7.11 Å². The first-order valence-corrected chi connectivity index (χ1v) is 11.6. The molecule has 7 nitrogen and oxygen atoms in total. The third kappa shape index (κ3) is 3.86. The molecule has 1 N–H and O–H groups in total. The lowest BCUT2D eigenvalue weighted by atomic mass is 9.75. The number of nitrogens with zero attached hydrogens (tertiary/aromatic N) is 1. The van der Waals surface area contributed by atoms with Gasteiger partial charge in [-0.1, -0.05) is 29.8 Å². The number of hydrogen-bond donors (Lipinski definition) is 1. The minimum atomic E-state index is -0.637. The summed E-state index contributed by atoms with van der Waals surface area (Å²) in [7, 11) is 4.70. The van der Waals surface area contributed by atoms with Crippen molar-refractivity contribution in [2.45, 2.75) is 18.4 Å². The van der Waals surface area contributed by atoms with Gasteiger partial charge in [0.2, 0.25) is 5.91 Å². The smallest absolute Gasteiger partial charge is 0.254 e. The third-order valence-corrected chi connectivity index (χ3v) is 7.02. The zero-order valence-electron chi connectivity index (χ0n) is 19.6. The van der Waals surface area contributed by atoms with Crippen LogP contribution in [0, 0.1) is 0 Å². The van der Waals surface area contributed by atoms with E-state index in [1.54, 1.807) is 43.4 Å². The number of amides is 2. The van der Waals surface area contributed by atoms with Gasteiger partial charge in [-0.3, -0.25) is 9.59 Å². The molecule has 0 saturated carbocycles. The first-order chi connectivity index (χ1) is 17.0. The molecule has 0 saturated heterocycles. The van der Waals surface area contributed by atoms with Crippen molar-refractivity contribution in [3.63, 3.8) is 0 Å². The molecule has 8 heteroatoms. The molecule has 2 aliphatic heterocycles. The summed E-state index contributed by atoms with van der Waals surface area (Å²) in [5, 5.41) is 3.40. The molecule has 0 bridgehead atoms. The molecule has 3 aromatic carbocycles. The minimum absolute atomic E-state index is 0.0809. The lowest BCUT2D eigenvalue weighted by Crippen LogP contribution is -2.49. The molecule has 0 unspecified atom stereocenters. The van der Waals surface area contributed by atoms with E-state index in [2.05, 4.69) is 5.32 Å². The highest BCUT2D eigenvalue weighted by molar-refractivity contribution is 6.32. The summed E-state index contributed by atoms with van der Waals surface area (Å²) in [5.41, 5.74) is 3.69. The second-order valence-electron chi connectivity index (χ2n) is 8.50. The summed E-state index contributed by atoms with van der Waals surface area (Å²) in [6, 6.07) is 15.7. The fraction of sp³-hybridized carbons (Fsp3) is 0.259. The molecular formula is C27H25ClN2O5. The van der Waals surface area contributed by atoms with Gasteiger partial charge in [-0.2, -0.15) is 0 Å². The molecule has 0 spiro atoms. The van der Waals surface area contributed by atoms with E-state index in [9.17, 15) is 9.59 Å². The highest BCUT2D eigenvalue weighted by atomic mass is 35.5. The normalized spacial score (nSPS) is 18.2. The highest BCUT2D eigenvalue weighted by Gasteiger charge is 2.46. The van der Waals surface area contributed by atoms with E-state index in [1.807, 2.05) is 30.3 Å². The second kappa shape index (κ2) is 9.15. The predicted octanol–water partition coefficient (Wildman–Crippen LogP) is 4.84. The zero-order chi connectivity index (χ0) is 24.7. The molecule has 2 amide bonds. The van der Waals surface area contributed by atoms with Gasteiger partial charge >= 0.3 is 0 Å². The number of hydrogen-bond acceptors (Lipinski definition) is 5. The van der Waals surface area contributed by atoms with Gasteiger partial charge in [0.15, 0.2) is 11.5 Å². The molecule has 180 valence electrons. The summed E-state index contributed by atoms with van der Waals surface area (Å²) >= 11 is 6.28. The third-order valence-electron chi connectivity index (χ3n) is 6.73. The number of benzene rings is 3. The number of carbonyl (C=O) groups excluding carboxylic acids is 2. The van der Waals surface area contributed by atoms with Crippen LogP contribution in [0.5, 0.6) is 17.2 Å². The quantitative estimate of drug-likeness (QED) is 0.551. The van der Waals surface area contributed by atoms with E-state index in [0.717, 1.165) is 11.1 Å². The molecule has 0 aliphatic carbocycles. The van der Waals surface area contributed by atoms with Crippen LogP contribution in [0.1, 0.15) is 39.0 Å². The van der Waals surface area contributed by atoms with Crippen LogP contribution < -0.4 is 19.5 Å². The number of methoxy groups -OCH3 is 3. The van der Waals surface area contributed by atoms with Gasteiger partial charge in [0.05, 0.1) is 38.3 Å². The van der Waals surface area contributed by atoms with Crippen LogP contribution in [-0.2, 0) is 11.2 Å². The Hall–Kier alpha value is -3.71. The minimum Gasteiger partial charge on any atom is -0.495 e. The summed E-state index contributed by atoms with van der Waals surface area (Å²) in [5.74, 6) is 0.747. The van der Waals surface area contributed by atoms with Gasteiger partial charge in [-0.25, -0.2) is 0 Å². The Kier molecular flexibility index (Phi) is 6.03. The number of fused-ring (bicyclic) bond motifs is 4. The first kappa shape index (κ1) is 23.1. The van der Waals surface area contributed by atoms with Crippen molar-refractivity contribution in [2.24, 2.45) is 0 Å². The van der Waals surface area contributed by atoms with Crippen molar-refractivity contribution in [3.8, 4) is 17.2 Å². The van der Waals surface area contributed by atoms with Crippen molar-refractivity contribution in [2.75, 3.05) is 33.2 Å². The number of rotatable bonds is 5. The summed E-state index contributed by atoms with van der Waals surface area (Å²) < 4.78 is 16.3. The van der Waals surface area contributed by atoms with E-state index in [0.29, 0.717) is 52.1 Å². The van der Waals surface area contributed by atoms with Crippen molar-refractivity contribution < 1.29 is 23.8 Å². The number of ether oxygens (including phenoxy) is 3. The lowest BCUT2D eigenvalue weighted by molar-refractivity contribution is -0.119. The van der Waals surface area contributed by atoms with Gasteiger partial charge in [0.25, 0.3) is 5.91 Å². The van der Waals surface area contributed by atoms with Gasteiger partial charge in [-0.05, 0) is 59.5 Å². The molecule has 0 fully saturated rings. The topological polar surface area (TPSA) is 77.1 Å². The first-order valence-electron chi connectivity index (χ1n) is 11.3. The fourth-order valence-electron chi connectivity index (χ4n) is 5.10. The average molecular weight is 493 g/mol. The predicted molar refractivity (Wildman–Crippen MR) is 133 cm³/mol. The standard InChI is InChI=1S/C27H25ClN2O5/c1-33-21-9-8-16(13-20(21)28)29-26(31)24-17-6-4-5-7-18(17)27(32)30-11-10-15-12-22(34-2)23(35-3)14-19(15)25(24)30/h4-9,12-14,24-25H,10-11H2,1-3H3,(H,29,31)/t24-,25+/m0/s1. The van der Waals surface area contributed by atoms with E-state index < -0.39 is 12.0 Å². The Bertz CT molecular complexity index is 1320. The van der Waals surface area contributed by atoms with Gasteiger partial charge < -0.3 is 24.4 Å². The Balaban J connectivity index is 1.62. The molecule has 2 heterocycles.